The largest absolute Gasteiger partial charge is 0.329 e. The molecule has 2 aliphatic carbocycles. The molecule has 2 fully saturated rings. The monoisotopic (exact) mass is 238 g/mol. The maximum atomic E-state index is 6.07. The zero-order chi connectivity index (χ0) is 12.3. The van der Waals surface area contributed by atoms with Gasteiger partial charge >= 0.3 is 0 Å². The molecule has 2 aliphatic rings. The van der Waals surface area contributed by atoms with Crippen molar-refractivity contribution in [2.75, 3.05) is 13.1 Å². The quantitative estimate of drug-likeness (QED) is 0.723. The lowest BCUT2D eigenvalue weighted by Crippen LogP contribution is -2.51. The SMILES string of the molecule is CC(C)C1CCCC(CN)(NCC2CC2)CC1. The van der Waals surface area contributed by atoms with E-state index in [1.807, 2.05) is 0 Å². The van der Waals surface area contributed by atoms with Crippen molar-refractivity contribution in [2.24, 2.45) is 23.5 Å². The van der Waals surface area contributed by atoms with Crippen LogP contribution in [0.5, 0.6) is 0 Å². The predicted molar refractivity (Wildman–Crippen MR) is 73.9 cm³/mol. The fourth-order valence-corrected chi connectivity index (χ4v) is 3.24. The van der Waals surface area contributed by atoms with Gasteiger partial charge in [-0.3, -0.25) is 0 Å². The molecule has 0 aromatic carbocycles. The highest BCUT2D eigenvalue weighted by Crippen LogP contribution is 2.35. The molecule has 3 N–H and O–H groups in total. The molecule has 0 bridgehead atoms. The molecule has 0 heterocycles. The molecule has 2 atom stereocenters. The highest BCUT2D eigenvalue weighted by molar-refractivity contribution is 4.94. The third-order valence-electron chi connectivity index (χ3n) is 5.02. The van der Waals surface area contributed by atoms with Gasteiger partial charge in [-0.15, -0.1) is 0 Å². The van der Waals surface area contributed by atoms with E-state index in [-0.39, 0.29) is 5.54 Å². The van der Waals surface area contributed by atoms with Crippen LogP contribution in [0.2, 0.25) is 0 Å². The van der Waals surface area contributed by atoms with Crippen molar-refractivity contribution < 1.29 is 0 Å². The fraction of sp³-hybridized carbons (Fsp3) is 1.00. The molecule has 2 heteroatoms. The Labute approximate surface area is 107 Å². The second kappa shape index (κ2) is 5.71. The molecular formula is C15H30N2. The van der Waals surface area contributed by atoms with E-state index in [0.29, 0.717) is 0 Å². The molecule has 0 amide bonds. The Hall–Kier alpha value is -0.0800. The van der Waals surface area contributed by atoms with Gasteiger partial charge < -0.3 is 11.1 Å². The molecule has 100 valence electrons. The number of rotatable bonds is 5. The normalized spacial score (nSPS) is 34.9. The molecule has 0 saturated heterocycles. The second-order valence-electron chi connectivity index (χ2n) is 6.74. The molecule has 0 aromatic heterocycles. The van der Waals surface area contributed by atoms with Crippen molar-refractivity contribution in [2.45, 2.75) is 64.3 Å². The van der Waals surface area contributed by atoms with Crippen molar-refractivity contribution in [3.8, 4) is 0 Å². The average Bonchev–Trinajstić information content (AvgIpc) is 3.13. The van der Waals surface area contributed by atoms with Gasteiger partial charge in [-0.2, -0.15) is 0 Å². The fourth-order valence-electron chi connectivity index (χ4n) is 3.24. The third kappa shape index (κ3) is 3.69. The molecule has 0 radical (unpaired) electrons. The number of hydrogen-bond donors (Lipinski definition) is 2. The summed E-state index contributed by atoms with van der Waals surface area (Å²) < 4.78 is 0. The van der Waals surface area contributed by atoms with Crippen LogP contribution >= 0.6 is 0 Å². The van der Waals surface area contributed by atoms with Crippen molar-refractivity contribution >= 4 is 0 Å². The van der Waals surface area contributed by atoms with Crippen molar-refractivity contribution in [3.05, 3.63) is 0 Å². The van der Waals surface area contributed by atoms with Gasteiger partial charge in [0, 0.05) is 12.1 Å². The average molecular weight is 238 g/mol. The Balaban J connectivity index is 1.87. The Bertz CT molecular complexity index is 235. The van der Waals surface area contributed by atoms with Crippen LogP contribution in [0, 0.1) is 17.8 Å². The predicted octanol–water partition coefficient (Wildman–Crippen LogP) is 2.92. The van der Waals surface area contributed by atoms with Gasteiger partial charge in [0.2, 0.25) is 0 Å². The molecule has 0 aromatic rings. The Morgan fingerprint density at radius 3 is 2.53 bits per heavy atom. The van der Waals surface area contributed by atoms with E-state index in [9.17, 15) is 0 Å². The van der Waals surface area contributed by atoms with E-state index >= 15 is 0 Å². The van der Waals surface area contributed by atoms with Crippen molar-refractivity contribution in [1.29, 1.82) is 0 Å². The molecule has 17 heavy (non-hydrogen) atoms. The Kier molecular flexibility index (Phi) is 4.48. The first-order chi connectivity index (χ1) is 8.15. The minimum Gasteiger partial charge on any atom is -0.329 e. The van der Waals surface area contributed by atoms with Crippen LogP contribution in [0.3, 0.4) is 0 Å². The van der Waals surface area contributed by atoms with E-state index in [4.69, 9.17) is 5.73 Å². The van der Waals surface area contributed by atoms with Crippen LogP contribution in [0.15, 0.2) is 0 Å². The standard InChI is InChI=1S/C15H30N2/c1-12(2)14-4-3-8-15(11-16,9-7-14)17-10-13-5-6-13/h12-14,17H,3-11,16H2,1-2H3. The van der Waals surface area contributed by atoms with Crippen LogP contribution in [-0.4, -0.2) is 18.6 Å². The first kappa shape index (κ1) is 13.4. The Morgan fingerprint density at radius 1 is 1.18 bits per heavy atom. The summed E-state index contributed by atoms with van der Waals surface area (Å²) in [6.07, 6.45) is 9.58. The lowest BCUT2D eigenvalue weighted by atomic mass is 9.86. The highest BCUT2D eigenvalue weighted by atomic mass is 15.0. The lowest BCUT2D eigenvalue weighted by Gasteiger charge is -2.33. The molecule has 2 unspecified atom stereocenters. The third-order valence-corrected chi connectivity index (χ3v) is 5.02. The van der Waals surface area contributed by atoms with Gasteiger partial charge in [-0.1, -0.05) is 26.7 Å². The van der Waals surface area contributed by atoms with E-state index in [1.54, 1.807) is 0 Å². The highest BCUT2D eigenvalue weighted by Gasteiger charge is 2.34. The van der Waals surface area contributed by atoms with Gasteiger partial charge in [0.1, 0.15) is 0 Å². The molecule has 2 nitrogen and oxygen atoms in total. The summed E-state index contributed by atoms with van der Waals surface area (Å²) in [5.74, 6) is 2.72. The first-order valence-corrected chi connectivity index (χ1v) is 7.60. The zero-order valence-electron chi connectivity index (χ0n) is 11.7. The zero-order valence-corrected chi connectivity index (χ0v) is 11.7. The van der Waals surface area contributed by atoms with Crippen molar-refractivity contribution in [1.82, 2.24) is 5.32 Å². The number of nitrogens with two attached hydrogens (primary N) is 1. The lowest BCUT2D eigenvalue weighted by molar-refractivity contribution is 0.275. The summed E-state index contributed by atoms with van der Waals surface area (Å²) >= 11 is 0. The van der Waals surface area contributed by atoms with Crippen molar-refractivity contribution in [3.63, 3.8) is 0 Å². The summed E-state index contributed by atoms with van der Waals surface area (Å²) in [5, 5.41) is 3.82. The van der Waals surface area contributed by atoms with Gasteiger partial charge in [0.15, 0.2) is 0 Å². The van der Waals surface area contributed by atoms with E-state index in [2.05, 4.69) is 19.2 Å². The van der Waals surface area contributed by atoms with E-state index in [0.717, 1.165) is 24.3 Å². The molecule has 0 spiro atoms. The molecule has 2 saturated carbocycles. The van der Waals surface area contributed by atoms with Gasteiger partial charge in [0.05, 0.1) is 0 Å². The maximum absolute atomic E-state index is 6.07. The minimum atomic E-state index is 0.270. The summed E-state index contributed by atoms with van der Waals surface area (Å²) in [6, 6.07) is 0. The summed E-state index contributed by atoms with van der Waals surface area (Å²) in [7, 11) is 0. The summed E-state index contributed by atoms with van der Waals surface area (Å²) in [4.78, 5) is 0. The molecule has 2 rings (SSSR count). The Morgan fingerprint density at radius 2 is 1.94 bits per heavy atom. The van der Waals surface area contributed by atoms with E-state index in [1.165, 1.54) is 51.5 Å². The van der Waals surface area contributed by atoms with E-state index < -0.39 is 0 Å². The topological polar surface area (TPSA) is 38.0 Å². The molecular weight excluding hydrogens is 208 g/mol. The summed E-state index contributed by atoms with van der Waals surface area (Å²) in [5.41, 5.74) is 6.34. The van der Waals surface area contributed by atoms with Crippen LogP contribution in [0.4, 0.5) is 0 Å². The minimum absolute atomic E-state index is 0.270. The summed E-state index contributed by atoms with van der Waals surface area (Å²) in [6.45, 7) is 6.78. The van der Waals surface area contributed by atoms with Crippen LogP contribution in [0.1, 0.15) is 58.8 Å². The number of nitrogens with one attached hydrogen (secondary N) is 1. The van der Waals surface area contributed by atoms with Crippen LogP contribution < -0.4 is 11.1 Å². The second-order valence-corrected chi connectivity index (χ2v) is 6.74. The molecule has 0 aliphatic heterocycles. The van der Waals surface area contributed by atoms with Gasteiger partial charge in [-0.05, 0) is 56.4 Å². The first-order valence-electron chi connectivity index (χ1n) is 7.60. The van der Waals surface area contributed by atoms with Crippen LogP contribution in [-0.2, 0) is 0 Å². The number of hydrogen-bond acceptors (Lipinski definition) is 2. The van der Waals surface area contributed by atoms with Gasteiger partial charge in [-0.25, -0.2) is 0 Å². The maximum Gasteiger partial charge on any atom is 0.0304 e. The van der Waals surface area contributed by atoms with Crippen LogP contribution in [0.25, 0.3) is 0 Å². The smallest absolute Gasteiger partial charge is 0.0304 e. The van der Waals surface area contributed by atoms with Gasteiger partial charge in [0.25, 0.3) is 0 Å².